The van der Waals surface area contributed by atoms with Gasteiger partial charge in [0, 0.05) is 30.7 Å². The second-order valence-corrected chi connectivity index (χ2v) is 8.07. The van der Waals surface area contributed by atoms with Gasteiger partial charge in [0.25, 0.3) is 0 Å². The predicted molar refractivity (Wildman–Crippen MR) is 93.3 cm³/mol. The van der Waals surface area contributed by atoms with Crippen LogP contribution in [0, 0.1) is 5.41 Å². The molecule has 0 spiro atoms. The van der Waals surface area contributed by atoms with E-state index < -0.39 is 10.0 Å². The zero-order valence-electron chi connectivity index (χ0n) is 13.8. The van der Waals surface area contributed by atoms with Crippen molar-refractivity contribution in [3.63, 3.8) is 0 Å². The number of hydrogen-bond acceptors (Lipinski definition) is 5. The van der Waals surface area contributed by atoms with Crippen molar-refractivity contribution in [3.8, 4) is 0 Å². The van der Waals surface area contributed by atoms with Crippen LogP contribution in [0.5, 0.6) is 0 Å². The zero-order chi connectivity index (χ0) is 17.0. The molecule has 0 aliphatic carbocycles. The zero-order valence-corrected chi connectivity index (χ0v) is 14.6. The summed E-state index contributed by atoms with van der Waals surface area (Å²) in [6, 6.07) is 8.87. The number of rotatable bonds is 6. The summed E-state index contributed by atoms with van der Waals surface area (Å²) in [5.74, 6) is 0. The third kappa shape index (κ3) is 3.59. The highest BCUT2D eigenvalue weighted by Gasteiger charge is 2.34. The van der Waals surface area contributed by atoms with Crippen LogP contribution in [0.25, 0.3) is 10.9 Å². The third-order valence-electron chi connectivity index (χ3n) is 4.64. The molecule has 1 fully saturated rings. The number of hydrogen-bond donors (Lipinski definition) is 2. The molecule has 2 N–H and O–H groups in total. The Morgan fingerprint density at radius 1 is 1.25 bits per heavy atom. The van der Waals surface area contributed by atoms with Crippen LogP contribution in [0.15, 0.2) is 41.4 Å². The molecule has 7 heteroatoms. The normalized spacial score (nSPS) is 17.9. The average Bonchev–Trinajstić information content (AvgIpc) is 2.61. The van der Waals surface area contributed by atoms with E-state index >= 15 is 0 Å². The number of para-hydroxylation sites is 1. The Bertz CT molecular complexity index is 791. The van der Waals surface area contributed by atoms with Gasteiger partial charge in [0.1, 0.15) is 4.90 Å². The molecule has 0 bridgehead atoms. The molecule has 6 nitrogen and oxygen atoms in total. The molecular formula is C17H23N3O3S. The monoisotopic (exact) mass is 349 g/mol. The fraction of sp³-hybridized carbons (Fsp3) is 0.471. The third-order valence-corrected chi connectivity index (χ3v) is 6.07. The molecule has 0 radical (unpaired) electrons. The van der Waals surface area contributed by atoms with Crippen molar-refractivity contribution in [2.24, 2.45) is 5.41 Å². The first-order valence-corrected chi connectivity index (χ1v) is 9.58. The van der Waals surface area contributed by atoms with E-state index in [-0.39, 0.29) is 10.3 Å². The lowest BCUT2D eigenvalue weighted by atomic mass is 9.80. The lowest BCUT2D eigenvalue weighted by Crippen LogP contribution is -2.47. The Labute approximate surface area is 142 Å². The first kappa shape index (κ1) is 17.3. The average molecular weight is 349 g/mol. The first-order valence-electron chi connectivity index (χ1n) is 8.09. The number of sulfonamides is 1. The van der Waals surface area contributed by atoms with Gasteiger partial charge in [-0.25, -0.2) is 13.1 Å². The largest absolute Gasteiger partial charge is 0.384 e. The number of nitrogens with zero attached hydrogens (tertiary/aromatic N) is 1. The molecule has 0 amide bonds. The summed E-state index contributed by atoms with van der Waals surface area (Å²) < 4.78 is 33.8. The number of benzene rings is 1. The summed E-state index contributed by atoms with van der Waals surface area (Å²) in [5.41, 5.74) is 0.337. The molecule has 0 unspecified atom stereocenters. The maximum absolute atomic E-state index is 12.8. The first-order chi connectivity index (χ1) is 11.6. The maximum atomic E-state index is 12.8. The van der Waals surface area contributed by atoms with Crippen molar-refractivity contribution in [3.05, 3.63) is 36.5 Å². The minimum atomic E-state index is -3.63. The molecule has 0 atom stereocenters. The Morgan fingerprint density at radius 2 is 2.00 bits per heavy atom. The van der Waals surface area contributed by atoms with Crippen LogP contribution in [0.4, 0.5) is 0 Å². The van der Waals surface area contributed by atoms with Gasteiger partial charge in [0.05, 0.1) is 12.1 Å². The van der Waals surface area contributed by atoms with E-state index in [4.69, 9.17) is 4.74 Å². The molecular weight excluding hydrogens is 326 g/mol. The van der Waals surface area contributed by atoms with Crippen LogP contribution in [0.3, 0.4) is 0 Å². The van der Waals surface area contributed by atoms with Crippen molar-refractivity contribution in [2.75, 3.05) is 33.4 Å². The molecule has 3 rings (SSSR count). The number of ether oxygens (including phenoxy) is 1. The highest BCUT2D eigenvalue weighted by atomic mass is 32.2. The fourth-order valence-corrected chi connectivity index (χ4v) is 4.59. The number of piperidine rings is 1. The van der Waals surface area contributed by atoms with E-state index in [0.717, 1.165) is 31.3 Å². The molecule has 1 aliphatic heterocycles. The maximum Gasteiger partial charge on any atom is 0.242 e. The fourth-order valence-electron chi connectivity index (χ4n) is 3.25. The smallest absolute Gasteiger partial charge is 0.242 e. The lowest BCUT2D eigenvalue weighted by molar-refractivity contribution is 0.0577. The van der Waals surface area contributed by atoms with Crippen LogP contribution >= 0.6 is 0 Å². The number of aromatic nitrogens is 1. The molecule has 1 aliphatic rings. The predicted octanol–water partition coefficient (Wildman–Crippen LogP) is 1.53. The van der Waals surface area contributed by atoms with Crippen molar-refractivity contribution in [2.45, 2.75) is 17.7 Å². The van der Waals surface area contributed by atoms with Gasteiger partial charge in [-0.1, -0.05) is 18.2 Å². The molecule has 130 valence electrons. The Kier molecular flexibility index (Phi) is 5.15. The van der Waals surface area contributed by atoms with Gasteiger partial charge in [0.15, 0.2) is 0 Å². The summed E-state index contributed by atoms with van der Waals surface area (Å²) >= 11 is 0. The highest BCUT2D eigenvalue weighted by Crippen LogP contribution is 2.29. The summed E-state index contributed by atoms with van der Waals surface area (Å²) in [6.07, 6.45) is 3.38. The van der Waals surface area contributed by atoms with Crippen molar-refractivity contribution in [1.29, 1.82) is 0 Å². The minimum absolute atomic E-state index is 0.162. The van der Waals surface area contributed by atoms with E-state index in [1.165, 1.54) is 0 Å². The quantitative estimate of drug-likeness (QED) is 0.827. The van der Waals surface area contributed by atoms with Crippen molar-refractivity contribution in [1.82, 2.24) is 15.0 Å². The topological polar surface area (TPSA) is 80.3 Å². The van der Waals surface area contributed by atoms with E-state index in [2.05, 4.69) is 15.0 Å². The van der Waals surface area contributed by atoms with Crippen LogP contribution in [0.1, 0.15) is 12.8 Å². The Morgan fingerprint density at radius 3 is 2.75 bits per heavy atom. The Hall–Kier alpha value is -1.54. The summed E-state index contributed by atoms with van der Waals surface area (Å²) in [4.78, 5) is 4.47. The summed E-state index contributed by atoms with van der Waals surface area (Å²) in [5, 5.41) is 4.12. The Balaban J connectivity index is 1.85. The van der Waals surface area contributed by atoms with Crippen LogP contribution in [0.2, 0.25) is 0 Å². The minimum Gasteiger partial charge on any atom is -0.384 e. The number of methoxy groups -OCH3 is 1. The lowest BCUT2D eigenvalue weighted by Gasteiger charge is -2.37. The molecule has 2 aromatic rings. The second-order valence-electron chi connectivity index (χ2n) is 6.34. The molecule has 2 heterocycles. The van der Waals surface area contributed by atoms with Crippen LogP contribution in [-0.2, 0) is 14.8 Å². The van der Waals surface area contributed by atoms with E-state index in [1.54, 1.807) is 31.5 Å². The molecule has 1 aromatic carbocycles. The van der Waals surface area contributed by atoms with Crippen molar-refractivity contribution >= 4 is 20.9 Å². The van der Waals surface area contributed by atoms with E-state index in [9.17, 15) is 8.42 Å². The van der Waals surface area contributed by atoms with Gasteiger partial charge < -0.3 is 10.1 Å². The molecule has 1 aromatic heterocycles. The van der Waals surface area contributed by atoms with E-state index in [0.29, 0.717) is 18.7 Å². The number of pyridine rings is 1. The highest BCUT2D eigenvalue weighted by molar-refractivity contribution is 7.89. The van der Waals surface area contributed by atoms with Gasteiger partial charge in [0.2, 0.25) is 10.0 Å². The van der Waals surface area contributed by atoms with Gasteiger partial charge in [-0.3, -0.25) is 4.98 Å². The molecule has 24 heavy (non-hydrogen) atoms. The standard InChI is InChI=1S/C17H23N3O3S/c1-23-13-17(7-10-18-11-8-17)12-20-24(21,22)15-6-2-4-14-5-3-9-19-16(14)15/h2-6,9,18,20H,7-8,10-13H2,1H3. The van der Waals surface area contributed by atoms with Gasteiger partial charge in [-0.05, 0) is 38.1 Å². The van der Waals surface area contributed by atoms with Gasteiger partial charge in [-0.2, -0.15) is 0 Å². The van der Waals surface area contributed by atoms with Gasteiger partial charge in [-0.15, -0.1) is 0 Å². The summed E-state index contributed by atoms with van der Waals surface area (Å²) in [7, 11) is -1.97. The SMILES string of the molecule is COCC1(CNS(=O)(=O)c2cccc3cccnc23)CCNCC1. The van der Waals surface area contributed by atoms with Crippen molar-refractivity contribution < 1.29 is 13.2 Å². The second kappa shape index (κ2) is 7.14. The number of fused-ring (bicyclic) bond motifs is 1. The number of nitrogens with one attached hydrogen (secondary N) is 2. The van der Waals surface area contributed by atoms with E-state index in [1.807, 2.05) is 12.1 Å². The van der Waals surface area contributed by atoms with Gasteiger partial charge >= 0.3 is 0 Å². The van der Waals surface area contributed by atoms with Crippen LogP contribution in [-0.4, -0.2) is 46.8 Å². The molecule has 0 saturated carbocycles. The molecule has 1 saturated heterocycles. The summed E-state index contributed by atoms with van der Waals surface area (Å²) in [6.45, 7) is 2.67. The van der Waals surface area contributed by atoms with Crippen LogP contribution < -0.4 is 10.0 Å².